The van der Waals surface area contributed by atoms with Crippen molar-refractivity contribution in [3.05, 3.63) is 33.3 Å². The van der Waals surface area contributed by atoms with Crippen LogP contribution in [-0.4, -0.2) is 35.2 Å². The summed E-state index contributed by atoms with van der Waals surface area (Å²) in [5.41, 5.74) is 0.756. The van der Waals surface area contributed by atoms with Crippen molar-refractivity contribution in [2.45, 2.75) is 19.0 Å². The van der Waals surface area contributed by atoms with Crippen molar-refractivity contribution < 1.29 is 14.7 Å². The molecule has 0 spiro atoms. The van der Waals surface area contributed by atoms with Crippen molar-refractivity contribution in [1.82, 2.24) is 10.6 Å². The number of hydrogen-bond acceptors (Lipinski definition) is 3. The molecule has 1 aromatic carbocycles. The predicted molar refractivity (Wildman–Crippen MR) is 88.9 cm³/mol. The standard InChI is InChI=1S/C13H16BrClN2O3S/c1-21-5-4-11(12(18)19)17-13(20)16-7-8-2-3-9(14)6-10(8)15/h2-3,6,11H,4-5,7H2,1H3,(H,18,19)(H2,16,17,20). The normalized spacial score (nSPS) is 11.8. The lowest BCUT2D eigenvalue weighted by molar-refractivity contribution is -0.139. The number of carbonyl (C=O) groups is 2. The van der Waals surface area contributed by atoms with Crippen LogP contribution in [0.3, 0.4) is 0 Å². The summed E-state index contributed by atoms with van der Waals surface area (Å²) in [6.07, 6.45) is 2.26. The number of hydrogen-bond donors (Lipinski definition) is 3. The Kier molecular flexibility index (Phi) is 7.92. The van der Waals surface area contributed by atoms with Crippen molar-refractivity contribution >= 4 is 51.3 Å². The lowest BCUT2D eigenvalue weighted by atomic mass is 10.2. The van der Waals surface area contributed by atoms with Crippen LogP contribution in [0.5, 0.6) is 0 Å². The van der Waals surface area contributed by atoms with Gasteiger partial charge in [-0.3, -0.25) is 0 Å². The zero-order valence-electron chi connectivity index (χ0n) is 11.4. The number of carboxylic acid groups (broad SMARTS) is 1. The Morgan fingerprint density at radius 1 is 1.48 bits per heavy atom. The van der Waals surface area contributed by atoms with Gasteiger partial charge in [-0.2, -0.15) is 11.8 Å². The molecule has 0 aliphatic carbocycles. The van der Waals surface area contributed by atoms with Crippen LogP contribution in [0.15, 0.2) is 22.7 Å². The van der Waals surface area contributed by atoms with Crippen LogP contribution in [0.25, 0.3) is 0 Å². The van der Waals surface area contributed by atoms with Crippen LogP contribution < -0.4 is 10.6 Å². The highest BCUT2D eigenvalue weighted by molar-refractivity contribution is 9.10. The Balaban J connectivity index is 2.50. The highest BCUT2D eigenvalue weighted by Gasteiger charge is 2.19. The van der Waals surface area contributed by atoms with Crippen LogP contribution in [0.4, 0.5) is 4.79 Å². The van der Waals surface area contributed by atoms with Crippen molar-refractivity contribution in [3.63, 3.8) is 0 Å². The monoisotopic (exact) mass is 394 g/mol. The molecule has 21 heavy (non-hydrogen) atoms. The SMILES string of the molecule is CSCCC(NC(=O)NCc1ccc(Br)cc1Cl)C(=O)O. The molecule has 8 heteroatoms. The molecular formula is C13H16BrClN2O3S. The maximum absolute atomic E-state index is 11.7. The van der Waals surface area contributed by atoms with Gasteiger partial charge in [0, 0.05) is 16.0 Å². The fourth-order valence-electron chi connectivity index (χ4n) is 1.54. The van der Waals surface area contributed by atoms with E-state index in [1.54, 1.807) is 12.1 Å². The third-order valence-electron chi connectivity index (χ3n) is 2.67. The van der Waals surface area contributed by atoms with E-state index >= 15 is 0 Å². The lowest BCUT2D eigenvalue weighted by Gasteiger charge is -2.15. The summed E-state index contributed by atoms with van der Waals surface area (Å²) >= 11 is 10.9. The van der Waals surface area contributed by atoms with Crippen LogP contribution in [0.2, 0.25) is 5.02 Å². The first kappa shape index (κ1) is 18.1. The maximum atomic E-state index is 11.7. The number of carbonyl (C=O) groups excluding carboxylic acids is 1. The first-order chi connectivity index (χ1) is 9.93. The molecule has 0 fully saturated rings. The second kappa shape index (κ2) is 9.17. The average Bonchev–Trinajstić information content (AvgIpc) is 2.42. The molecule has 1 rings (SSSR count). The van der Waals surface area contributed by atoms with E-state index < -0.39 is 18.0 Å². The largest absolute Gasteiger partial charge is 0.480 e. The van der Waals surface area contributed by atoms with E-state index in [9.17, 15) is 9.59 Å². The molecule has 0 bridgehead atoms. The van der Waals surface area contributed by atoms with E-state index in [1.807, 2.05) is 12.3 Å². The number of nitrogens with one attached hydrogen (secondary N) is 2. The number of benzene rings is 1. The molecule has 1 unspecified atom stereocenters. The lowest BCUT2D eigenvalue weighted by Crippen LogP contribution is -2.46. The zero-order chi connectivity index (χ0) is 15.8. The second-order valence-corrected chi connectivity index (χ2v) is 6.54. The van der Waals surface area contributed by atoms with Crippen molar-refractivity contribution in [2.75, 3.05) is 12.0 Å². The fraction of sp³-hybridized carbons (Fsp3) is 0.385. The third-order valence-corrected chi connectivity index (χ3v) is 4.16. The first-order valence-corrected chi connectivity index (χ1v) is 8.70. The van der Waals surface area contributed by atoms with Crippen LogP contribution >= 0.6 is 39.3 Å². The summed E-state index contributed by atoms with van der Waals surface area (Å²) < 4.78 is 0.851. The van der Waals surface area contributed by atoms with E-state index in [-0.39, 0.29) is 6.54 Å². The smallest absolute Gasteiger partial charge is 0.326 e. The molecule has 0 heterocycles. The summed E-state index contributed by atoms with van der Waals surface area (Å²) in [4.78, 5) is 22.8. The van der Waals surface area contributed by atoms with Crippen molar-refractivity contribution in [1.29, 1.82) is 0 Å². The van der Waals surface area contributed by atoms with Crippen molar-refractivity contribution in [3.8, 4) is 0 Å². The summed E-state index contributed by atoms with van der Waals surface area (Å²) in [5.74, 6) is -0.378. The fourth-order valence-corrected chi connectivity index (χ4v) is 2.75. The molecule has 116 valence electrons. The van der Waals surface area contributed by atoms with Crippen molar-refractivity contribution in [2.24, 2.45) is 0 Å². The molecular weight excluding hydrogens is 380 g/mol. The number of thioether (sulfide) groups is 1. The first-order valence-electron chi connectivity index (χ1n) is 6.14. The summed E-state index contributed by atoms with van der Waals surface area (Å²) in [7, 11) is 0. The Bertz CT molecular complexity index is 516. The van der Waals surface area contributed by atoms with Gasteiger partial charge < -0.3 is 15.7 Å². The molecule has 0 aliphatic heterocycles. The Hall–Kier alpha value is -0.920. The number of rotatable bonds is 7. The molecule has 0 saturated carbocycles. The van der Waals surface area contributed by atoms with Gasteiger partial charge in [0.15, 0.2) is 0 Å². The molecule has 0 saturated heterocycles. The Morgan fingerprint density at radius 3 is 2.76 bits per heavy atom. The van der Waals surface area contributed by atoms with Gasteiger partial charge in [-0.25, -0.2) is 9.59 Å². The minimum atomic E-state index is -1.04. The van der Waals surface area contributed by atoms with Gasteiger partial charge in [-0.15, -0.1) is 0 Å². The van der Waals surface area contributed by atoms with E-state index in [4.69, 9.17) is 16.7 Å². The number of amides is 2. The maximum Gasteiger partial charge on any atom is 0.326 e. The molecule has 0 radical (unpaired) electrons. The quantitative estimate of drug-likeness (QED) is 0.663. The van der Waals surface area contributed by atoms with Gasteiger partial charge in [0.1, 0.15) is 6.04 Å². The third kappa shape index (κ3) is 6.58. The zero-order valence-corrected chi connectivity index (χ0v) is 14.5. The van der Waals surface area contributed by atoms with Crippen LogP contribution in [-0.2, 0) is 11.3 Å². The molecule has 1 aromatic rings. The van der Waals surface area contributed by atoms with Gasteiger partial charge in [0.2, 0.25) is 0 Å². The second-order valence-electron chi connectivity index (χ2n) is 4.24. The minimum Gasteiger partial charge on any atom is -0.480 e. The van der Waals surface area contributed by atoms with Gasteiger partial charge in [0.05, 0.1) is 0 Å². The Labute approximate surface area is 140 Å². The summed E-state index contributed by atoms with van der Waals surface area (Å²) in [5, 5.41) is 14.6. The number of urea groups is 1. The van der Waals surface area contributed by atoms with E-state index in [1.165, 1.54) is 11.8 Å². The van der Waals surface area contributed by atoms with Crippen LogP contribution in [0.1, 0.15) is 12.0 Å². The molecule has 0 aromatic heterocycles. The summed E-state index contributed by atoms with van der Waals surface area (Å²) in [6, 6.07) is 3.92. The van der Waals surface area contributed by atoms with E-state index in [0.717, 1.165) is 10.0 Å². The summed E-state index contributed by atoms with van der Waals surface area (Å²) in [6.45, 7) is 0.229. The molecule has 3 N–H and O–H groups in total. The minimum absolute atomic E-state index is 0.229. The molecule has 0 aliphatic rings. The predicted octanol–water partition coefficient (Wildman–Crippen LogP) is 3.11. The number of halogens is 2. The molecule has 5 nitrogen and oxygen atoms in total. The van der Waals surface area contributed by atoms with Gasteiger partial charge >= 0.3 is 12.0 Å². The van der Waals surface area contributed by atoms with Gasteiger partial charge in [-0.1, -0.05) is 33.6 Å². The van der Waals surface area contributed by atoms with E-state index in [2.05, 4.69) is 26.6 Å². The Morgan fingerprint density at radius 2 is 2.19 bits per heavy atom. The number of aliphatic carboxylic acids is 1. The highest BCUT2D eigenvalue weighted by Crippen LogP contribution is 2.21. The average molecular weight is 396 g/mol. The van der Waals surface area contributed by atoms with Crippen LogP contribution in [0, 0.1) is 0 Å². The van der Waals surface area contributed by atoms with Gasteiger partial charge in [-0.05, 0) is 36.1 Å². The molecule has 2 amide bonds. The van der Waals surface area contributed by atoms with E-state index in [0.29, 0.717) is 17.2 Å². The number of carboxylic acids is 1. The molecule has 1 atom stereocenters. The topological polar surface area (TPSA) is 78.4 Å². The highest BCUT2D eigenvalue weighted by atomic mass is 79.9. The van der Waals surface area contributed by atoms with Gasteiger partial charge in [0.25, 0.3) is 0 Å².